The molecule has 0 spiro atoms. The van der Waals surface area contributed by atoms with Gasteiger partial charge in [0.05, 0.1) is 4.90 Å². The molecule has 0 fully saturated rings. The summed E-state index contributed by atoms with van der Waals surface area (Å²) in [6, 6.07) is 5.62. The van der Waals surface area contributed by atoms with Crippen molar-refractivity contribution in [2.24, 2.45) is 5.14 Å². The van der Waals surface area contributed by atoms with Crippen LogP contribution in [0.15, 0.2) is 29.2 Å². The SMILES string of the molecule is CCCCOCC(=O)Nc1ccc(S(N)(=O)=O)cc1. The molecule has 0 saturated heterocycles. The van der Waals surface area contributed by atoms with E-state index in [2.05, 4.69) is 5.32 Å². The van der Waals surface area contributed by atoms with E-state index in [-0.39, 0.29) is 17.4 Å². The number of primary sulfonamides is 1. The standard InChI is InChI=1S/C12H18N2O4S/c1-2-3-8-18-9-12(15)14-10-4-6-11(7-5-10)19(13,16)17/h4-7H,2-3,8-9H2,1H3,(H,14,15)(H2,13,16,17). The fraction of sp³-hybridized carbons (Fsp3) is 0.417. The van der Waals surface area contributed by atoms with Crippen molar-refractivity contribution in [2.45, 2.75) is 24.7 Å². The highest BCUT2D eigenvalue weighted by atomic mass is 32.2. The van der Waals surface area contributed by atoms with Gasteiger partial charge in [0, 0.05) is 12.3 Å². The molecule has 0 heterocycles. The Hall–Kier alpha value is -1.44. The second-order valence-electron chi connectivity index (χ2n) is 4.02. The quantitative estimate of drug-likeness (QED) is 0.733. The van der Waals surface area contributed by atoms with Crippen LogP contribution in [0.2, 0.25) is 0 Å². The van der Waals surface area contributed by atoms with Gasteiger partial charge in [-0.1, -0.05) is 13.3 Å². The lowest BCUT2D eigenvalue weighted by molar-refractivity contribution is -0.120. The van der Waals surface area contributed by atoms with E-state index >= 15 is 0 Å². The summed E-state index contributed by atoms with van der Waals surface area (Å²) in [7, 11) is -3.71. The number of hydrogen-bond acceptors (Lipinski definition) is 4. The van der Waals surface area contributed by atoms with Crippen LogP contribution in [0.3, 0.4) is 0 Å². The van der Waals surface area contributed by atoms with Crippen LogP contribution in [0, 0.1) is 0 Å². The Kier molecular flexibility index (Phi) is 5.94. The summed E-state index contributed by atoms with van der Waals surface area (Å²) in [5.74, 6) is -0.278. The summed E-state index contributed by atoms with van der Waals surface area (Å²) < 4.78 is 27.2. The van der Waals surface area contributed by atoms with Gasteiger partial charge in [0.2, 0.25) is 15.9 Å². The van der Waals surface area contributed by atoms with Crippen LogP contribution >= 0.6 is 0 Å². The first-order chi connectivity index (χ1) is 8.93. The average molecular weight is 286 g/mol. The van der Waals surface area contributed by atoms with E-state index in [1.54, 1.807) is 0 Å². The first-order valence-electron chi connectivity index (χ1n) is 5.94. The molecular formula is C12H18N2O4S. The number of sulfonamides is 1. The number of benzene rings is 1. The second-order valence-corrected chi connectivity index (χ2v) is 5.59. The third-order valence-corrected chi connectivity index (χ3v) is 3.27. The third kappa shape index (κ3) is 5.82. The monoisotopic (exact) mass is 286 g/mol. The molecular weight excluding hydrogens is 268 g/mol. The number of nitrogens with one attached hydrogen (secondary N) is 1. The van der Waals surface area contributed by atoms with Crippen LogP contribution in [0.4, 0.5) is 5.69 Å². The van der Waals surface area contributed by atoms with Crippen molar-refractivity contribution in [2.75, 3.05) is 18.5 Å². The predicted octanol–water partition coefficient (Wildman–Crippen LogP) is 1.09. The van der Waals surface area contributed by atoms with E-state index in [4.69, 9.17) is 9.88 Å². The lowest BCUT2D eigenvalue weighted by Crippen LogP contribution is -2.18. The molecule has 1 amide bonds. The van der Waals surface area contributed by atoms with E-state index in [1.807, 2.05) is 6.92 Å². The number of anilines is 1. The smallest absolute Gasteiger partial charge is 0.250 e. The maximum absolute atomic E-state index is 11.5. The number of unbranched alkanes of at least 4 members (excludes halogenated alkanes) is 1. The molecule has 7 heteroatoms. The first kappa shape index (κ1) is 15.6. The number of amides is 1. The van der Waals surface area contributed by atoms with Gasteiger partial charge in [0.1, 0.15) is 6.61 Å². The lowest BCUT2D eigenvalue weighted by atomic mass is 10.3. The summed E-state index contributed by atoms with van der Waals surface area (Å²) in [6.45, 7) is 2.57. The van der Waals surface area contributed by atoms with Gasteiger partial charge in [-0.3, -0.25) is 4.79 Å². The highest BCUT2D eigenvalue weighted by Crippen LogP contribution is 2.12. The summed E-state index contributed by atoms with van der Waals surface area (Å²) in [5.41, 5.74) is 0.497. The van der Waals surface area contributed by atoms with E-state index in [1.165, 1.54) is 24.3 Å². The van der Waals surface area contributed by atoms with Crippen LogP contribution in [0.1, 0.15) is 19.8 Å². The molecule has 0 aliphatic rings. The van der Waals surface area contributed by atoms with Crippen LogP contribution in [0.25, 0.3) is 0 Å². The molecule has 1 aromatic rings. The van der Waals surface area contributed by atoms with E-state index < -0.39 is 10.0 Å². The largest absolute Gasteiger partial charge is 0.372 e. The minimum absolute atomic E-state index is 0.00435. The van der Waals surface area contributed by atoms with Crippen molar-refractivity contribution in [3.8, 4) is 0 Å². The molecule has 106 valence electrons. The topological polar surface area (TPSA) is 98.5 Å². The number of carbonyl (C=O) groups is 1. The van der Waals surface area contributed by atoms with Crippen molar-refractivity contribution in [1.82, 2.24) is 0 Å². The van der Waals surface area contributed by atoms with Crippen molar-refractivity contribution in [3.05, 3.63) is 24.3 Å². The molecule has 3 N–H and O–H groups in total. The van der Waals surface area contributed by atoms with E-state index in [0.29, 0.717) is 12.3 Å². The maximum atomic E-state index is 11.5. The molecule has 6 nitrogen and oxygen atoms in total. The Bertz CT molecular complexity index is 511. The number of rotatable bonds is 7. The predicted molar refractivity (Wildman–Crippen MR) is 72.2 cm³/mol. The molecule has 0 radical (unpaired) electrons. The van der Waals surface area contributed by atoms with E-state index in [0.717, 1.165) is 12.8 Å². The zero-order chi connectivity index (χ0) is 14.3. The van der Waals surface area contributed by atoms with Gasteiger partial charge in [-0.2, -0.15) is 0 Å². The minimum atomic E-state index is -3.71. The summed E-state index contributed by atoms with van der Waals surface area (Å²) in [4.78, 5) is 11.5. The van der Waals surface area contributed by atoms with Gasteiger partial charge in [-0.05, 0) is 30.7 Å². The van der Waals surface area contributed by atoms with Crippen LogP contribution in [-0.4, -0.2) is 27.5 Å². The Balaban J connectivity index is 2.47. The van der Waals surface area contributed by atoms with Crippen molar-refractivity contribution in [3.63, 3.8) is 0 Å². The van der Waals surface area contributed by atoms with E-state index in [9.17, 15) is 13.2 Å². The summed E-state index contributed by atoms with van der Waals surface area (Å²) >= 11 is 0. The second kappa shape index (κ2) is 7.22. The molecule has 0 aliphatic carbocycles. The maximum Gasteiger partial charge on any atom is 0.250 e. The molecule has 0 bridgehead atoms. The van der Waals surface area contributed by atoms with Gasteiger partial charge < -0.3 is 10.1 Å². The molecule has 0 atom stereocenters. The Morgan fingerprint density at radius 1 is 1.32 bits per heavy atom. The third-order valence-electron chi connectivity index (χ3n) is 2.34. The van der Waals surface area contributed by atoms with Gasteiger partial charge in [0.25, 0.3) is 0 Å². The molecule has 1 aromatic carbocycles. The molecule has 0 aromatic heterocycles. The fourth-order valence-corrected chi connectivity index (χ4v) is 1.85. The van der Waals surface area contributed by atoms with Crippen molar-refractivity contribution >= 4 is 21.6 Å². The zero-order valence-electron chi connectivity index (χ0n) is 10.8. The van der Waals surface area contributed by atoms with Crippen molar-refractivity contribution < 1.29 is 17.9 Å². The summed E-state index contributed by atoms with van der Waals surface area (Å²) in [5, 5.41) is 7.57. The summed E-state index contributed by atoms with van der Waals surface area (Å²) in [6.07, 6.45) is 1.92. The van der Waals surface area contributed by atoms with Crippen LogP contribution < -0.4 is 10.5 Å². The molecule has 0 unspecified atom stereocenters. The molecule has 0 saturated carbocycles. The van der Waals surface area contributed by atoms with Gasteiger partial charge in [-0.15, -0.1) is 0 Å². The van der Waals surface area contributed by atoms with Gasteiger partial charge in [-0.25, -0.2) is 13.6 Å². The number of nitrogens with two attached hydrogens (primary N) is 1. The molecule has 19 heavy (non-hydrogen) atoms. The number of ether oxygens (including phenoxy) is 1. The number of hydrogen-bond donors (Lipinski definition) is 2. The van der Waals surface area contributed by atoms with Crippen LogP contribution in [-0.2, 0) is 19.6 Å². The van der Waals surface area contributed by atoms with Crippen molar-refractivity contribution in [1.29, 1.82) is 0 Å². The van der Waals surface area contributed by atoms with Gasteiger partial charge in [0.15, 0.2) is 0 Å². The Morgan fingerprint density at radius 3 is 2.47 bits per heavy atom. The zero-order valence-corrected chi connectivity index (χ0v) is 11.6. The Labute approximate surface area is 113 Å². The molecule has 0 aliphatic heterocycles. The highest BCUT2D eigenvalue weighted by Gasteiger charge is 2.08. The Morgan fingerprint density at radius 2 is 1.95 bits per heavy atom. The normalized spacial score (nSPS) is 11.3. The first-order valence-corrected chi connectivity index (χ1v) is 7.48. The fourth-order valence-electron chi connectivity index (χ4n) is 1.34. The highest BCUT2D eigenvalue weighted by molar-refractivity contribution is 7.89. The average Bonchev–Trinajstić information content (AvgIpc) is 2.34. The lowest BCUT2D eigenvalue weighted by Gasteiger charge is -2.06. The van der Waals surface area contributed by atoms with Gasteiger partial charge >= 0.3 is 0 Å². The minimum Gasteiger partial charge on any atom is -0.372 e. The van der Waals surface area contributed by atoms with Crippen LogP contribution in [0.5, 0.6) is 0 Å². The molecule has 1 rings (SSSR count). The number of carbonyl (C=O) groups excluding carboxylic acids is 1.